The third kappa shape index (κ3) is 4.22. The zero-order valence-electron chi connectivity index (χ0n) is 14.4. The zero-order chi connectivity index (χ0) is 16.9. The Labute approximate surface area is 148 Å². The van der Waals surface area contributed by atoms with Crippen LogP contribution in [0.2, 0.25) is 0 Å². The number of aryl methyl sites for hydroxylation is 1. The van der Waals surface area contributed by atoms with Crippen molar-refractivity contribution >= 4 is 17.2 Å². The molecule has 0 saturated carbocycles. The van der Waals surface area contributed by atoms with Gasteiger partial charge in [0, 0.05) is 38.1 Å². The lowest BCUT2D eigenvalue weighted by Crippen LogP contribution is -2.37. The summed E-state index contributed by atoms with van der Waals surface area (Å²) >= 11 is 1.64. The van der Waals surface area contributed by atoms with Gasteiger partial charge in [0.1, 0.15) is 0 Å². The Hall–Kier alpha value is -1.72. The molecule has 128 valence electrons. The van der Waals surface area contributed by atoms with Crippen LogP contribution in [0.25, 0.3) is 0 Å². The molecule has 1 atom stereocenters. The van der Waals surface area contributed by atoms with Crippen LogP contribution in [0.15, 0.2) is 35.2 Å². The summed E-state index contributed by atoms with van der Waals surface area (Å²) in [7, 11) is 0. The highest BCUT2D eigenvalue weighted by Crippen LogP contribution is 2.20. The molecule has 3 rings (SSSR count). The van der Waals surface area contributed by atoms with Gasteiger partial charge in [-0.05, 0) is 25.8 Å². The van der Waals surface area contributed by atoms with E-state index in [4.69, 9.17) is 0 Å². The summed E-state index contributed by atoms with van der Waals surface area (Å²) in [6.07, 6.45) is 1.02. The summed E-state index contributed by atoms with van der Waals surface area (Å²) < 4.78 is 0. The zero-order valence-corrected chi connectivity index (χ0v) is 15.3. The molecular formula is C19H25N3OS. The summed E-state index contributed by atoms with van der Waals surface area (Å²) in [4.78, 5) is 21.7. The van der Waals surface area contributed by atoms with Gasteiger partial charge in [-0.15, -0.1) is 11.3 Å². The van der Waals surface area contributed by atoms with E-state index in [-0.39, 0.29) is 11.8 Å². The van der Waals surface area contributed by atoms with Crippen LogP contribution >= 0.6 is 11.3 Å². The van der Waals surface area contributed by atoms with Crippen LogP contribution in [0, 0.1) is 6.92 Å². The van der Waals surface area contributed by atoms with Crippen molar-refractivity contribution in [1.82, 2.24) is 14.8 Å². The van der Waals surface area contributed by atoms with Crippen LogP contribution in [-0.4, -0.2) is 46.9 Å². The molecule has 0 radical (unpaired) electrons. The Bertz CT molecular complexity index is 654. The molecule has 1 fully saturated rings. The molecule has 2 heterocycles. The number of carbonyl (C=O) groups excluding carboxylic acids is 1. The van der Waals surface area contributed by atoms with E-state index in [2.05, 4.69) is 46.5 Å². The minimum atomic E-state index is -0.0734. The first-order valence-electron chi connectivity index (χ1n) is 8.58. The lowest BCUT2D eigenvalue weighted by atomic mass is 9.98. The second-order valence-corrected chi connectivity index (χ2v) is 7.29. The Morgan fingerprint density at radius 2 is 2.00 bits per heavy atom. The molecule has 1 aliphatic rings. The van der Waals surface area contributed by atoms with Crippen LogP contribution in [0.3, 0.4) is 0 Å². The molecule has 1 aliphatic heterocycles. The van der Waals surface area contributed by atoms with Gasteiger partial charge in [-0.1, -0.05) is 29.8 Å². The quantitative estimate of drug-likeness (QED) is 0.855. The Balaban J connectivity index is 1.58. The molecule has 24 heavy (non-hydrogen) atoms. The summed E-state index contributed by atoms with van der Waals surface area (Å²) in [6, 6.07) is 8.31. The summed E-state index contributed by atoms with van der Waals surface area (Å²) in [5.41, 5.74) is 5.35. The second kappa shape index (κ2) is 7.90. The van der Waals surface area contributed by atoms with Crippen LogP contribution in [0.1, 0.15) is 36.1 Å². The number of carbonyl (C=O) groups is 1. The molecule has 0 aliphatic carbocycles. The molecule has 5 heteroatoms. The SMILES string of the molecule is Cc1ccc([C@H](C)C(=O)N2CCCN(Cc3cscn3)CC2)cc1. The maximum Gasteiger partial charge on any atom is 0.229 e. The third-order valence-corrected chi connectivity index (χ3v) is 5.35. The van der Waals surface area contributed by atoms with E-state index in [9.17, 15) is 4.79 Å². The van der Waals surface area contributed by atoms with Crippen LogP contribution in [0.5, 0.6) is 0 Å². The molecule has 1 saturated heterocycles. The molecule has 0 bridgehead atoms. The Morgan fingerprint density at radius 3 is 2.71 bits per heavy atom. The number of rotatable bonds is 4. The smallest absolute Gasteiger partial charge is 0.229 e. The van der Waals surface area contributed by atoms with Crippen molar-refractivity contribution in [2.75, 3.05) is 26.2 Å². The molecular weight excluding hydrogens is 318 g/mol. The van der Waals surface area contributed by atoms with Crippen molar-refractivity contribution in [2.45, 2.75) is 32.7 Å². The van der Waals surface area contributed by atoms with Crippen molar-refractivity contribution in [1.29, 1.82) is 0 Å². The average Bonchev–Trinajstić information content (AvgIpc) is 2.99. The molecule has 0 unspecified atom stereocenters. The van der Waals surface area contributed by atoms with Crippen LogP contribution < -0.4 is 0 Å². The van der Waals surface area contributed by atoms with E-state index in [1.807, 2.05) is 17.3 Å². The van der Waals surface area contributed by atoms with Crippen LogP contribution in [-0.2, 0) is 11.3 Å². The van der Waals surface area contributed by atoms with Crippen molar-refractivity contribution in [2.24, 2.45) is 0 Å². The number of hydrogen-bond acceptors (Lipinski definition) is 4. The highest BCUT2D eigenvalue weighted by molar-refractivity contribution is 7.07. The number of amides is 1. The topological polar surface area (TPSA) is 36.4 Å². The highest BCUT2D eigenvalue weighted by atomic mass is 32.1. The highest BCUT2D eigenvalue weighted by Gasteiger charge is 2.24. The number of thiazole rings is 1. The van der Waals surface area contributed by atoms with E-state index in [1.165, 1.54) is 5.56 Å². The molecule has 1 aromatic carbocycles. The maximum atomic E-state index is 12.9. The van der Waals surface area contributed by atoms with Crippen molar-refractivity contribution in [3.8, 4) is 0 Å². The van der Waals surface area contributed by atoms with Crippen molar-refractivity contribution in [3.63, 3.8) is 0 Å². The molecule has 4 nitrogen and oxygen atoms in total. The largest absolute Gasteiger partial charge is 0.341 e. The maximum absolute atomic E-state index is 12.9. The average molecular weight is 343 g/mol. The standard InChI is InChI=1S/C19H25N3OS/c1-15-4-6-17(7-5-15)16(2)19(23)22-9-3-8-21(10-11-22)12-18-13-24-14-20-18/h4-7,13-14,16H,3,8-12H2,1-2H3/t16-/m0/s1. The molecule has 0 N–H and O–H groups in total. The fourth-order valence-corrected chi connectivity index (χ4v) is 3.72. The molecule has 1 amide bonds. The number of nitrogens with zero attached hydrogens (tertiary/aromatic N) is 3. The Kier molecular flexibility index (Phi) is 5.63. The predicted octanol–water partition coefficient (Wildman–Crippen LogP) is 3.29. The number of benzene rings is 1. The summed E-state index contributed by atoms with van der Waals surface area (Å²) in [5, 5.41) is 2.10. The normalized spacial score (nSPS) is 17.5. The fourth-order valence-electron chi connectivity index (χ4n) is 3.17. The lowest BCUT2D eigenvalue weighted by molar-refractivity contribution is -0.132. The van der Waals surface area contributed by atoms with Gasteiger partial charge in [0.05, 0.1) is 17.1 Å². The Morgan fingerprint density at radius 1 is 1.21 bits per heavy atom. The van der Waals surface area contributed by atoms with E-state index in [0.717, 1.165) is 50.4 Å². The van der Waals surface area contributed by atoms with E-state index in [0.29, 0.717) is 0 Å². The van der Waals surface area contributed by atoms with E-state index >= 15 is 0 Å². The first-order chi connectivity index (χ1) is 11.6. The number of aromatic nitrogens is 1. The lowest BCUT2D eigenvalue weighted by Gasteiger charge is -2.25. The van der Waals surface area contributed by atoms with Crippen LogP contribution in [0.4, 0.5) is 0 Å². The summed E-state index contributed by atoms with van der Waals surface area (Å²) in [6.45, 7) is 8.58. The van der Waals surface area contributed by atoms with Gasteiger partial charge >= 0.3 is 0 Å². The van der Waals surface area contributed by atoms with Gasteiger partial charge in [-0.25, -0.2) is 4.98 Å². The third-order valence-electron chi connectivity index (χ3n) is 4.72. The monoisotopic (exact) mass is 343 g/mol. The van der Waals surface area contributed by atoms with Gasteiger partial charge in [-0.2, -0.15) is 0 Å². The van der Waals surface area contributed by atoms with E-state index in [1.54, 1.807) is 11.3 Å². The van der Waals surface area contributed by atoms with Gasteiger partial charge in [0.2, 0.25) is 5.91 Å². The van der Waals surface area contributed by atoms with Gasteiger partial charge in [0.25, 0.3) is 0 Å². The second-order valence-electron chi connectivity index (χ2n) is 6.57. The van der Waals surface area contributed by atoms with Crippen molar-refractivity contribution in [3.05, 3.63) is 52.0 Å². The summed E-state index contributed by atoms with van der Waals surface area (Å²) in [5.74, 6) is 0.171. The van der Waals surface area contributed by atoms with Crippen molar-refractivity contribution < 1.29 is 4.79 Å². The fraction of sp³-hybridized carbons (Fsp3) is 0.474. The number of hydrogen-bond donors (Lipinski definition) is 0. The van der Waals surface area contributed by atoms with Gasteiger partial charge in [0.15, 0.2) is 0 Å². The minimum absolute atomic E-state index is 0.0734. The molecule has 2 aromatic rings. The molecule has 1 aromatic heterocycles. The van der Waals surface area contributed by atoms with Gasteiger partial charge in [-0.3, -0.25) is 9.69 Å². The van der Waals surface area contributed by atoms with Gasteiger partial charge < -0.3 is 4.90 Å². The first-order valence-corrected chi connectivity index (χ1v) is 9.52. The predicted molar refractivity (Wildman–Crippen MR) is 98.2 cm³/mol. The van der Waals surface area contributed by atoms with E-state index < -0.39 is 0 Å². The minimum Gasteiger partial charge on any atom is -0.341 e. The first kappa shape index (κ1) is 17.1. The molecule has 0 spiro atoms.